The van der Waals surface area contributed by atoms with Crippen molar-refractivity contribution >= 4 is 69.1 Å². The van der Waals surface area contributed by atoms with E-state index >= 15 is 0 Å². The second-order valence-electron chi connectivity index (χ2n) is 26.8. The van der Waals surface area contributed by atoms with Gasteiger partial charge >= 0.3 is 0 Å². The standard InChI is InChI=1S/C61H114N7O17P3S/c1-12-13-14-15-16-17-18-19-20-21-22-23-24-25-26-42(2)31-43(3)32-44(4)33-45(5)34-46(6)35-47(7)36-48(8)37-49(9)60(73)89-30-29-63-51(69)27-28-64-58(72)55(71)61(10,11)39-82-88(79,80)85-87(77,78)81-38-50-54(84-86(74,75)76)53(70)59(83-50)68-41-67-52-56(62)65-40-66-57(52)68/h40-50,53-55,59,70-71H,12-39H2,1-11H3,(H,63,69)(H,64,72)(H,77,78)(H,79,80)(H2,62,65,66)(H2,74,75,76)/p-4/t42-,43-,44-,45-,46-,47-,48-,49-,50+,53+,54+,55-,59+/m0/s1. The lowest BCUT2D eigenvalue weighted by molar-refractivity contribution is -0.347. The summed E-state index contributed by atoms with van der Waals surface area (Å²) < 4.78 is 61.3. The van der Waals surface area contributed by atoms with Gasteiger partial charge in [0.2, 0.25) is 11.8 Å². The first-order chi connectivity index (χ1) is 41.7. The molecule has 516 valence electrons. The molecular formula is C61H110N7O17P3S-4. The van der Waals surface area contributed by atoms with Crippen LogP contribution in [0.15, 0.2) is 12.7 Å². The lowest BCUT2D eigenvalue weighted by Gasteiger charge is -2.36. The first-order valence-electron chi connectivity index (χ1n) is 32.7. The minimum absolute atomic E-state index is 0.0179. The molecule has 24 nitrogen and oxygen atoms in total. The highest BCUT2D eigenvalue weighted by atomic mass is 32.2. The third-order valence-corrected chi connectivity index (χ3v) is 20.9. The fourth-order valence-electron chi connectivity index (χ4n) is 12.6. The molecule has 1 aliphatic rings. The number of unbranched alkanes of at least 4 members (excludes halogenated alkanes) is 13. The number of imidazole rings is 1. The Morgan fingerprint density at radius 2 is 1.20 bits per heavy atom. The van der Waals surface area contributed by atoms with Gasteiger partial charge in [-0.15, -0.1) is 0 Å². The summed E-state index contributed by atoms with van der Waals surface area (Å²) in [6, 6.07) is 0. The number of aromatic nitrogens is 4. The van der Waals surface area contributed by atoms with E-state index in [1.807, 2.05) is 6.92 Å². The molecular weight excluding hydrogens is 1230 g/mol. The number of nitrogens with one attached hydrogen (secondary N) is 2. The van der Waals surface area contributed by atoms with E-state index < -0.39 is 84.6 Å². The molecule has 0 saturated carbocycles. The number of hydrogen-bond acceptors (Lipinski definition) is 22. The SMILES string of the molecule is CCCCCCCCCCCCCCCC[C@H](C)C[C@H](C)C[C@H](C)C[C@H](C)C[C@H](C)C[C@H](C)C[C@H](C)C[C@H](C)C(=O)SCCNC(=O)CCNC(=O)[C@H](O)C(C)(C)COP(=O)([O-])OP(=O)([O-])OC[C@H]1O[C@@H](n2cnc3c(N)ncnc32)[C@H](O)[C@@H]1OP(=O)([O-])[O-]. The molecule has 15 atom stereocenters. The van der Waals surface area contributed by atoms with Crippen molar-refractivity contribution in [3.63, 3.8) is 0 Å². The maximum atomic E-state index is 13.1. The molecule has 3 rings (SSSR count). The Kier molecular flexibility index (Phi) is 37.0. The smallest absolute Gasteiger partial charge is 0.274 e. The van der Waals surface area contributed by atoms with E-state index in [1.165, 1.54) is 142 Å². The normalized spacial score (nSPS) is 21.0. The molecule has 0 spiro atoms. The van der Waals surface area contributed by atoms with Crippen LogP contribution in [0.1, 0.15) is 230 Å². The summed E-state index contributed by atoms with van der Waals surface area (Å²) in [7, 11) is -17.7. The van der Waals surface area contributed by atoms with Crippen molar-refractivity contribution in [3.8, 4) is 0 Å². The summed E-state index contributed by atoms with van der Waals surface area (Å²) >= 11 is 1.16. The molecule has 0 aromatic carbocycles. The zero-order chi connectivity index (χ0) is 66.5. The molecule has 0 aliphatic carbocycles. The highest BCUT2D eigenvalue weighted by Crippen LogP contribution is 2.56. The van der Waals surface area contributed by atoms with Crippen molar-refractivity contribution in [2.24, 2.45) is 52.8 Å². The molecule has 6 N–H and O–H groups in total. The van der Waals surface area contributed by atoms with Crippen molar-refractivity contribution in [1.29, 1.82) is 0 Å². The minimum Gasteiger partial charge on any atom is -0.790 e. The molecule has 2 amide bonds. The van der Waals surface area contributed by atoms with Crippen molar-refractivity contribution in [2.45, 2.75) is 254 Å². The topological polar surface area (TPSA) is 375 Å². The van der Waals surface area contributed by atoms with E-state index in [0.717, 1.165) is 59.6 Å². The molecule has 89 heavy (non-hydrogen) atoms. The number of ether oxygens (including phenoxy) is 1. The van der Waals surface area contributed by atoms with Gasteiger partial charge in [-0.1, -0.05) is 184 Å². The van der Waals surface area contributed by atoms with Crippen LogP contribution in [0.3, 0.4) is 0 Å². The molecule has 3 heterocycles. The van der Waals surface area contributed by atoms with Crippen LogP contribution in [0, 0.1) is 52.8 Å². The number of anilines is 1. The van der Waals surface area contributed by atoms with Gasteiger partial charge in [-0.3, -0.25) is 28.1 Å². The quantitative estimate of drug-likeness (QED) is 0.0304. The Morgan fingerprint density at radius 1 is 0.708 bits per heavy atom. The Balaban J connectivity index is 1.25. The highest BCUT2D eigenvalue weighted by Gasteiger charge is 2.47. The number of thioether (sulfide) groups is 1. The van der Waals surface area contributed by atoms with Crippen molar-refractivity contribution in [2.75, 3.05) is 37.8 Å². The predicted octanol–water partition coefficient (Wildman–Crippen LogP) is 9.83. The fourth-order valence-corrected chi connectivity index (χ4v) is 16.1. The molecule has 2 aromatic rings. The number of rotatable bonds is 49. The van der Waals surface area contributed by atoms with Gasteiger partial charge in [0.15, 0.2) is 22.8 Å². The second-order valence-corrected chi connectivity index (χ2v) is 32.0. The van der Waals surface area contributed by atoms with Gasteiger partial charge in [0.25, 0.3) is 15.6 Å². The van der Waals surface area contributed by atoms with Gasteiger partial charge in [0.1, 0.15) is 36.3 Å². The molecule has 0 radical (unpaired) electrons. The van der Waals surface area contributed by atoms with Crippen molar-refractivity contribution in [3.05, 3.63) is 12.7 Å². The highest BCUT2D eigenvalue weighted by molar-refractivity contribution is 8.13. The van der Waals surface area contributed by atoms with Crippen LogP contribution in [0.5, 0.6) is 0 Å². The number of nitrogens with zero attached hydrogens (tertiary/aromatic N) is 4. The van der Waals surface area contributed by atoms with E-state index in [2.05, 4.69) is 98.9 Å². The average molecular weight is 1340 g/mol. The van der Waals surface area contributed by atoms with Gasteiger partial charge in [0, 0.05) is 36.6 Å². The van der Waals surface area contributed by atoms with Crippen molar-refractivity contribution in [1.82, 2.24) is 30.2 Å². The maximum absolute atomic E-state index is 13.1. The number of phosphoric ester groups is 3. The zero-order valence-corrected chi connectivity index (χ0v) is 58.6. The number of aliphatic hydroxyl groups is 2. The first-order valence-corrected chi connectivity index (χ1v) is 38.1. The molecule has 28 heteroatoms. The summed E-state index contributed by atoms with van der Waals surface area (Å²) in [6.07, 6.45) is 21.6. The van der Waals surface area contributed by atoms with Crippen molar-refractivity contribution < 1.29 is 80.5 Å². The summed E-state index contributed by atoms with van der Waals surface area (Å²) in [5.74, 6) is 3.27. The third-order valence-electron chi connectivity index (χ3n) is 16.8. The first kappa shape index (κ1) is 80.8. The van der Waals surface area contributed by atoms with Crippen LogP contribution in [0.2, 0.25) is 0 Å². The second kappa shape index (κ2) is 40.7. The lowest BCUT2D eigenvalue weighted by Crippen LogP contribution is -2.46. The number of amides is 2. The Morgan fingerprint density at radius 3 is 1.73 bits per heavy atom. The number of carbonyl (C=O) groups is 3. The predicted molar refractivity (Wildman–Crippen MR) is 339 cm³/mol. The molecule has 2 unspecified atom stereocenters. The molecule has 1 fully saturated rings. The fraction of sp³-hybridized carbons (Fsp3) is 0.869. The Hall–Kier alpha value is -2.44. The summed E-state index contributed by atoms with van der Waals surface area (Å²) in [4.78, 5) is 98.6. The molecule has 0 bridgehead atoms. The maximum Gasteiger partial charge on any atom is 0.274 e. The summed E-state index contributed by atoms with van der Waals surface area (Å²) in [5, 5.41) is 26.8. The average Bonchev–Trinajstić information content (AvgIpc) is 1.65. The molecule has 1 aliphatic heterocycles. The van der Waals surface area contributed by atoms with Crippen LogP contribution in [0.25, 0.3) is 11.2 Å². The van der Waals surface area contributed by atoms with Gasteiger partial charge < -0.3 is 69.0 Å². The minimum atomic E-state index is -5.94. The van der Waals surface area contributed by atoms with Gasteiger partial charge in [0.05, 0.1) is 27.4 Å². The van der Waals surface area contributed by atoms with Crippen LogP contribution in [-0.4, -0.2) is 103 Å². The van der Waals surface area contributed by atoms with Gasteiger partial charge in [-0.05, 0) is 86.4 Å². The van der Waals surface area contributed by atoms with E-state index in [1.54, 1.807) is 0 Å². The van der Waals surface area contributed by atoms with Crippen LogP contribution < -0.4 is 35.9 Å². The van der Waals surface area contributed by atoms with Crippen LogP contribution in [0.4, 0.5) is 5.82 Å². The number of aliphatic hydroxyl groups excluding tert-OH is 2. The Bertz CT molecular complexity index is 2530. The van der Waals surface area contributed by atoms with E-state index in [9.17, 15) is 57.9 Å². The summed E-state index contributed by atoms with van der Waals surface area (Å²) in [5.41, 5.74) is 4.11. The van der Waals surface area contributed by atoms with Crippen LogP contribution in [-0.2, 0) is 50.7 Å². The summed E-state index contributed by atoms with van der Waals surface area (Å²) in [6.45, 7) is 21.1. The monoisotopic (exact) mass is 1340 g/mol. The van der Waals surface area contributed by atoms with E-state index in [0.29, 0.717) is 29.4 Å². The number of hydrogen-bond donors (Lipinski definition) is 5. The number of phosphoric acid groups is 3. The lowest BCUT2D eigenvalue weighted by atomic mass is 9.80. The Labute approximate surface area is 535 Å². The molecule has 2 aromatic heterocycles. The van der Waals surface area contributed by atoms with Gasteiger partial charge in [-0.25, -0.2) is 19.3 Å². The number of fused-ring (bicyclic) bond motifs is 1. The van der Waals surface area contributed by atoms with Gasteiger partial charge in [-0.2, -0.15) is 0 Å². The largest absolute Gasteiger partial charge is 0.790 e. The van der Waals surface area contributed by atoms with Crippen LogP contribution >= 0.6 is 35.2 Å². The number of nitrogen functional groups attached to an aromatic ring is 1. The zero-order valence-electron chi connectivity index (χ0n) is 55.1. The third kappa shape index (κ3) is 32.5. The molecule has 1 saturated heterocycles. The van der Waals surface area contributed by atoms with E-state index in [4.69, 9.17) is 10.5 Å². The number of nitrogens with two attached hydrogens (primary N) is 1. The number of carbonyl (C=O) groups excluding carboxylic acids is 3. The van der Waals surface area contributed by atoms with E-state index in [-0.39, 0.29) is 47.5 Å².